The van der Waals surface area contributed by atoms with Crippen molar-refractivity contribution in [2.45, 2.75) is 49.1 Å². The summed E-state index contributed by atoms with van der Waals surface area (Å²) in [5, 5.41) is 3.57. The minimum atomic E-state index is -3.86. The second kappa shape index (κ2) is 7.48. The van der Waals surface area contributed by atoms with E-state index in [1.807, 2.05) is 4.90 Å². The van der Waals surface area contributed by atoms with Gasteiger partial charge in [0.1, 0.15) is 10.7 Å². The van der Waals surface area contributed by atoms with E-state index in [0.717, 1.165) is 32.0 Å². The zero-order chi connectivity index (χ0) is 19.0. The summed E-state index contributed by atoms with van der Waals surface area (Å²) in [6.07, 6.45) is 4.28. The SMILES string of the molecule is O=C(C1CCN(S(=O)(=O)c2ccccc2F)CC1)N1CCC2CCC(C1)N2. The first-order valence-corrected chi connectivity index (χ1v) is 11.2. The van der Waals surface area contributed by atoms with E-state index >= 15 is 0 Å². The highest BCUT2D eigenvalue weighted by atomic mass is 32.2. The number of nitrogens with one attached hydrogen (secondary N) is 1. The molecule has 148 valence electrons. The Hall–Kier alpha value is -1.51. The Morgan fingerprint density at radius 2 is 1.70 bits per heavy atom. The van der Waals surface area contributed by atoms with E-state index in [9.17, 15) is 17.6 Å². The van der Waals surface area contributed by atoms with Crippen LogP contribution in [0.25, 0.3) is 0 Å². The Morgan fingerprint density at radius 3 is 2.44 bits per heavy atom. The van der Waals surface area contributed by atoms with Crippen molar-refractivity contribution in [1.29, 1.82) is 0 Å². The smallest absolute Gasteiger partial charge is 0.245 e. The molecule has 4 rings (SSSR count). The normalized spacial score (nSPS) is 27.5. The van der Waals surface area contributed by atoms with Crippen LogP contribution < -0.4 is 5.32 Å². The molecule has 1 aromatic carbocycles. The summed E-state index contributed by atoms with van der Waals surface area (Å²) in [5.41, 5.74) is 0. The number of hydrogen-bond acceptors (Lipinski definition) is 4. The third-order valence-electron chi connectivity index (χ3n) is 6.09. The number of fused-ring (bicyclic) bond motifs is 2. The maximum atomic E-state index is 13.9. The van der Waals surface area contributed by atoms with Crippen molar-refractivity contribution in [1.82, 2.24) is 14.5 Å². The lowest BCUT2D eigenvalue weighted by Crippen LogP contribution is -2.46. The molecule has 0 aliphatic carbocycles. The molecule has 1 aromatic rings. The lowest BCUT2D eigenvalue weighted by Gasteiger charge is -2.34. The van der Waals surface area contributed by atoms with Gasteiger partial charge < -0.3 is 10.2 Å². The molecule has 2 bridgehead atoms. The second-order valence-corrected chi connectivity index (χ2v) is 9.73. The third kappa shape index (κ3) is 3.75. The van der Waals surface area contributed by atoms with E-state index in [1.54, 1.807) is 0 Å². The Kier molecular flexibility index (Phi) is 5.22. The van der Waals surface area contributed by atoms with Gasteiger partial charge >= 0.3 is 0 Å². The van der Waals surface area contributed by atoms with E-state index in [2.05, 4.69) is 5.32 Å². The van der Waals surface area contributed by atoms with Crippen LogP contribution in [0, 0.1) is 11.7 Å². The molecule has 0 radical (unpaired) electrons. The molecule has 2 atom stereocenters. The van der Waals surface area contributed by atoms with Gasteiger partial charge in [-0.3, -0.25) is 4.79 Å². The van der Waals surface area contributed by atoms with Gasteiger partial charge in [0.05, 0.1) is 0 Å². The fourth-order valence-corrected chi connectivity index (χ4v) is 6.07. The molecule has 6 nitrogen and oxygen atoms in total. The summed E-state index contributed by atoms with van der Waals surface area (Å²) in [4.78, 5) is 14.6. The zero-order valence-corrected chi connectivity index (χ0v) is 16.1. The molecular weight excluding hydrogens is 369 g/mol. The van der Waals surface area contributed by atoms with E-state index in [0.29, 0.717) is 24.9 Å². The number of likely N-dealkylation sites (tertiary alicyclic amines) is 1. The topological polar surface area (TPSA) is 69.7 Å². The van der Waals surface area contributed by atoms with E-state index in [1.165, 1.54) is 28.9 Å². The molecule has 3 fully saturated rings. The lowest BCUT2D eigenvalue weighted by atomic mass is 9.95. The van der Waals surface area contributed by atoms with Gasteiger partial charge in [-0.15, -0.1) is 0 Å². The fourth-order valence-electron chi connectivity index (χ4n) is 4.54. The van der Waals surface area contributed by atoms with Gasteiger partial charge in [0.25, 0.3) is 0 Å². The standard InChI is InChI=1S/C19H26FN3O3S/c20-17-3-1-2-4-18(17)27(25,26)23-11-7-14(8-12-23)19(24)22-10-9-15-5-6-16(13-22)21-15/h1-4,14-16,21H,5-13H2. The van der Waals surface area contributed by atoms with Gasteiger partial charge in [0.15, 0.2) is 0 Å². The molecule has 2 unspecified atom stereocenters. The Morgan fingerprint density at radius 1 is 1.00 bits per heavy atom. The summed E-state index contributed by atoms with van der Waals surface area (Å²) >= 11 is 0. The monoisotopic (exact) mass is 395 g/mol. The highest BCUT2D eigenvalue weighted by molar-refractivity contribution is 7.89. The maximum Gasteiger partial charge on any atom is 0.245 e. The van der Waals surface area contributed by atoms with Gasteiger partial charge in [0, 0.05) is 44.2 Å². The molecule has 3 heterocycles. The Labute approximate surface area is 159 Å². The highest BCUT2D eigenvalue weighted by Gasteiger charge is 2.37. The van der Waals surface area contributed by atoms with Crippen molar-refractivity contribution in [3.8, 4) is 0 Å². The predicted octanol–water partition coefficient (Wildman–Crippen LogP) is 1.58. The third-order valence-corrected chi connectivity index (χ3v) is 8.02. The zero-order valence-electron chi connectivity index (χ0n) is 15.3. The molecule has 3 aliphatic rings. The van der Waals surface area contributed by atoms with Gasteiger partial charge in [-0.05, 0) is 44.2 Å². The fraction of sp³-hybridized carbons (Fsp3) is 0.632. The molecule has 0 spiro atoms. The second-order valence-electron chi connectivity index (χ2n) is 7.82. The molecule has 3 aliphatic heterocycles. The maximum absolute atomic E-state index is 13.9. The van der Waals surface area contributed by atoms with Crippen LogP contribution in [0.3, 0.4) is 0 Å². The quantitative estimate of drug-likeness (QED) is 0.844. The average molecular weight is 396 g/mol. The first-order chi connectivity index (χ1) is 12.9. The van der Waals surface area contributed by atoms with Crippen LogP contribution in [0.4, 0.5) is 4.39 Å². The molecule has 27 heavy (non-hydrogen) atoms. The Bertz CT molecular complexity index is 808. The van der Waals surface area contributed by atoms with Crippen LogP contribution >= 0.6 is 0 Å². The van der Waals surface area contributed by atoms with Gasteiger partial charge in [-0.25, -0.2) is 12.8 Å². The molecule has 0 saturated carbocycles. The van der Waals surface area contributed by atoms with Crippen LogP contribution in [0.15, 0.2) is 29.2 Å². The van der Waals surface area contributed by atoms with E-state index < -0.39 is 15.8 Å². The van der Waals surface area contributed by atoms with Crippen molar-refractivity contribution in [2.24, 2.45) is 5.92 Å². The van der Waals surface area contributed by atoms with Crippen molar-refractivity contribution < 1.29 is 17.6 Å². The number of amides is 1. The molecule has 8 heteroatoms. The van der Waals surface area contributed by atoms with Crippen LogP contribution in [0.5, 0.6) is 0 Å². The van der Waals surface area contributed by atoms with Gasteiger partial charge in [-0.2, -0.15) is 4.31 Å². The van der Waals surface area contributed by atoms with E-state index in [4.69, 9.17) is 0 Å². The molecule has 3 saturated heterocycles. The minimum Gasteiger partial charge on any atom is -0.341 e. The number of carbonyl (C=O) groups excluding carboxylic acids is 1. The molecule has 0 aromatic heterocycles. The first kappa shape index (κ1) is 18.8. The number of hydrogen-bond donors (Lipinski definition) is 1. The largest absolute Gasteiger partial charge is 0.341 e. The van der Waals surface area contributed by atoms with Crippen LogP contribution in [-0.4, -0.2) is 61.8 Å². The average Bonchev–Trinajstić information content (AvgIpc) is 3.00. The van der Waals surface area contributed by atoms with Gasteiger partial charge in [-0.1, -0.05) is 12.1 Å². The highest BCUT2D eigenvalue weighted by Crippen LogP contribution is 2.28. The summed E-state index contributed by atoms with van der Waals surface area (Å²) in [6.45, 7) is 2.04. The molecule has 1 N–H and O–H groups in total. The lowest BCUT2D eigenvalue weighted by molar-refractivity contribution is -0.137. The van der Waals surface area contributed by atoms with Crippen LogP contribution in [-0.2, 0) is 14.8 Å². The summed E-state index contributed by atoms with van der Waals surface area (Å²) in [5.74, 6) is -0.733. The number of carbonyl (C=O) groups is 1. The first-order valence-electron chi connectivity index (χ1n) is 9.74. The van der Waals surface area contributed by atoms with Crippen molar-refractivity contribution >= 4 is 15.9 Å². The number of rotatable bonds is 3. The van der Waals surface area contributed by atoms with E-state index in [-0.39, 0.29) is 29.8 Å². The van der Waals surface area contributed by atoms with Crippen LogP contribution in [0.1, 0.15) is 32.1 Å². The van der Waals surface area contributed by atoms with Crippen LogP contribution in [0.2, 0.25) is 0 Å². The Balaban J connectivity index is 1.39. The number of sulfonamides is 1. The molecule has 1 amide bonds. The number of nitrogens with zero attached hydrogens (tertiary/aromatic N) is 2. The van der Waals surface area contributed by atoms with Gasteiger partial charge in [0.2, 0.25) is 15.9 Å². The molecular formula is C19H26FN3O3S. The summed E-state index contributed by atoms with van der Waals surface area (Å²) in [7, 11) is -3.86. The van der Waals surface area contributed by atoms with Crippen molar-refractivity contribution in [3.63, 3.8) is 0 Å². The van der Waals surface area contributed by atoms with Crippen molar-refractivity contribution in [3.05, 3.63) is 30.1 Å². The van der Waals surface area contributed by atoms with Crippen molar-refractivity contribution in [2.75, 3.05) is 26.2 Å². The predicted molar refractivity (Wildman–Crippen MR) is 99.0 cm³/mol. The summed E-state index contributed by atoms with van der Waals surface area (Å²) < 4.78 is 40.6. The minimum absolute atomic E-state index is 0.145. The number of benzene rings is 1. The summed E-state index contributed by atoms with van der Waals surface area (Å²) in [6, 6.07) is 6.37. The number of piperidine rings is 1. The number of halogens is 1.